The average molecular weight is 442 g/mol. The maximum absolute atomic E-state index is 11.9. The van der Waals surface area contributed by atoms with Gasteiger partial charge >= 0.3 is 5.97 Å². The molecule has 2 bridgehead atoms. The minimum atomic E-state index is -1.02. The van der Waals surface area contributed by atoms with E-state index in [9.17, 15) is 4.79 Å². The van der Waals surface area contributed by atoms with Crippen LogP contribution < -0.4 is 0 Å². The lowest BCUT2D eigenvalue weighted by atomic mass is 9.75. The van der Waals surface area contributed by atoms with Crippen LogP contribution in [0.15, 0.2) is 35.0 Å². The predicted octanol–water partition coefficient (Wildman–Crippen LogP) is 2.98. The second-order valence-electron chi connectivity index (χ2n) is 7.39. The molecule has 30 heavy (non-hydrogen) atoms. The Kier molecular flexibility index (Phi) is 7.43. The second-order valence-corrected chi connectivity index (χ2v) is 9.29. The summed E-state index contributed by atoms with van der Waals surface area (Å²) in [4.78, 5) is 16.2. The summed E-state index contributed by atoms with van der Waals surface area (Å²) in [6.45, 7) is 2.86. The number of rotatable bonds is 6. The van der Waals surface area contributed by atoms with Crippen molar-refractivity contribution in [2.45, 2.75) is 24.0 Å². The summed E-state index contributed by atoms with van der Waals surface area (Å²) in [6.07, 6.45) is 2.19. The summed E-state index contributed by atoms with van der Waals surface area (Å²) in [5, 5.41) is 4.00. The molecule has 0 aromatic carbocycles. The van der Waals surface area contributed by atoms with Crippen LogP contribution in [0.3, 0.4) is 0 Å². The Hall–Kier alpha value is -1.63. The van der Waals surface area contributed by atoms with E-state index in [1.807, 2.05) is 35.0 Å². The molecular weight excluding hydrogens is 417 g/mol. The molecule has 5 rings (SSSR count). The molecule has 1 atom stereocenters. The normalized spacial score (nSPS) is 25.1. The molecule has 0 spiro atoms. The van der Waals surface area contributed by atoms with Crippen molar-refractivity contribution in [2.24, 2.45) is 5.92 Å². The summed E-state index contributed by atoms with van der Waals surface area (Å²) in [5.41, 5.74) is -1.53. The third kappa shape index (κ3) is 4.23. The van der Waals surface area contributed by atoms with Crippen LogP contribution in [-0.4, -0.2) is 65.3 Å². The van der Waals surface area contributed by atoms with Gasteiger partial charge in [-0.15, -0.1) is 22.7 Å². The highest BCUT2D eigenvalue weighted by Crippen LogP contribution is 2.41. The average Bonchev–Trinajstić information content (AvgIpc) is 3.50. The van der Waals surface area contributed by atoms with Crippen molar-refractivity contribution in [2.75, 3.05) is 40.5 Å². The van der Waals surface area contributed by atoms with Gasteiger partial charge in [-0.05, 0) is 48.8 Å². The van der Waals surface area contributed by atoms with Gasteiger partial charge in [0.05, 0.1) is 16.9 Å². The quantitative estimate of drug-likeness (QED) is 0.391. The zero-order valence-electron chi connectivity index (χ0n) is 17.3. The van der Waals surface area contributed by atoms with Crippen molar-refractivity contribution in [1.82, 2.24) is 4.90 Å². The van der Waals surface area contributed by atoms with Gasteiger partial charge in [-0.2, -0.15) is 0 Å². The number of esters is 1. The van der Waals surface area contributed by atoms with Crippen LogP contribution in [0.4, 0.5) is 0 Å². The largest absolute Gasteiger partial charge is 0.467 e. The number of carbonyl (C=O) groups is 1. The fourth-order valence-electron chi connectivity index (χ4n) is 4.24. The standard InChI is InChI=1S/C22H25NO4S2.B/c1-25-20(24)15-27-22(18-5-3-13-28-18,19-6-4-14-29-19)10-9-21(26-2)16-23-11-7-17(21)8-12-23;/h3-6,13-14,17H,7-8,11-12,15-16H2,1-2H3;/t21-;/m1./s1. The van der Waals surface area contributed by atoms with Gasteiger partial charge < -0.3 is 14.2 Å². The summed E-state index contributed by atoms with van der Waals surface area (Å²) in [7, 11) is 3.12. The Morgan fingerprint density at radius 2 is 1.83 bits per heavy atom. The lowest BCUT2D eigenvalue weighted by Crippen LogP contribution is -2.59. The molecular formula is C22H25BNO4S2. The van der Waals surface area contributed by atoms with E-state index < -0.39 is 17.2 Å². The maximum atomic E-state index is 11.9. The molecule has 8 heteroatoms. The first-order valence-electron chi connectivity index (χ1n) is 9.72. The number of ether oxygens (including phenoxy) is 3. The van der Waals surface area contributed by atoms with Crippen LogP contribution >= 0.6 is 22.7 Å². The van der Waals surface area contributed by atoms with E-state index in [0.29, 0.717) is 5.92 Å². The molecule has 3 fully saturated rings. The lowest BCUT2D eigenvalue weighted by molar-refractivity contribution is -0.149. The number of carbonyl (C=O) groups excluding carboxylic acids is 1. The van der Waals surface area contributed by atoms with Gasteiger partial charge in [0.1, 0.15) is 12.2 Å². The first-order valence-corrected chi connectivity index (χ1v) is 11.5. The Morgan fingerprint density at radius 3 is 2.27 bits per heavy atom. The Labute approximate surface area is 187 Å². The molecule has 0 unspecified atom stereocenters. The number of hydrogen-bond acceptors (Lipinski definition) is 7. The molecule has 5 nitrogen and oxygen atoms in total. The molecule has 0 amide bonds. The molecule has 0 saturated carbocycles. The van der Waals surface area contributed by atoms with Crippen molar-refractivity contribution in [3.05, 3.63) is 44.8 Å². The highest BCUT2D eigenvalue weighted by atomic mass is 32.1. The Balaban J connectivity index is 0.00000256. The van der Waals surface area contributed by atoms with E-state index >= 15 is 0 Å². The van der Waals surface area contributed by atoms with Crippen LogP contribution in [0.1, 0.15) is 22.6 Å². The number of methoxy groups -OCH3 is 2. The van der Waals surface area contributed by atoms with Crippen LogP contribution in [0, 0.1) is 17.8 Å². The van der Waals surface area contributed by atoms with Gasteiger partial charge in [0.2, 0.25) is 0 Å². The Morgan fingerprint density at radius 1 is 1.20 bits per heavy atom. The molecule has 3 radical (unpaired) electrons. The van der Waals surface area contributed by atoms with Crippen LogP contribution in [0.2, 0.25) is 0 Å². The summed E-state index contributed by atoms with van der Waals surface area (Å²) in [6, 6.07) is 7.97. The van der Waals surface area contributed by atoms with Gasteiger partial charge in [0.25, 0.3) is 0 Å². The highest BCUT2D eigenvalue weighted by Gasteiger charge is 2.47. The summed E-state index contributed by atoms with van der Waals surface area (Å²) >= 11 is 3.14. The van der Waals surface area contributed by atoms with Crippen molar-refractivity contribution >= 4 is 37.1 Å². The minimum Gasteiger partial charge on any atom is -0.467 e. The first kappa shape index (κ1) is 23.0. The van der Waals surface area contributed by atoms with Gasteiger partial charge in [-0.1, -0.05) is 24.0 Å². The van der Waals surface area contributed by atoms with Crippen molar-refractivity contribution in [3.63, 3.8) is 0 Å². The van der Waals surface area contributed by atoms with E-state index in [1.54, 1.807) is 29.8 Å². The Bertz CT molecular complexity index is 848. The third-order valence-electron chi connectivity index (χ3n) is 5.89. The maximum Gasteiger partial charge on any atom is 0.331 e. The van der Waals surface area contributed by atoms with E-state index in [1.165, 1.54) is 7.11 Å². The number of fused-ring (bicyclic) bond motifs is 3. The van der Waals surface area contributed by atoms with Crippen molar-refractivity contribution in [3.8, 4) is 11.8 Å². The molecule has 157 valence electrons. The third-order valence-corrected chi connectivity index (χ3v) is 7.83. The van der Waals surface area contributed by atoms with E-state index in [4.69, 9.17) is 14.2 Å². The monoisotopic (exact) mass is 442 g/mol. The van der Waals surface area contributed by atoms with E-state index in [2.05, 4.69) is 16.7 Å². The summed E-state index contributed by atoms with van der Waals surface area (Å²) in [5.74, 6) is 6.94. The molecule has 2 aromatic rings. The van der Waals surface area contributed by atoms with Crippen molar-refractivity contribution < 1.29 is 19.0 Å². The molecule has 3 saturated heterocycles. The fraction of sp³-hybridized carbons (Fsp3) is 0.500. The van der Waals surface area contributed by atoms with Gasteiger partial charge in [-0.3, -0.25) is 4.90 Å². The van der Waals surface area contributed by atoms with Gasteiger partial charge in [0, 0.05) is 28.0 Å². The molecule has 3 aliphatic rings. The zero-order valence-corrected chi connectivity index (χ0v) is 18.9. The second kappa shape index (κ2) is 9.67. The number of nitrogens with zero attached hydrogens (tertiary/aromatic N) is 1. The van der Waals surface area contributed by atoms with Crippen molar-refractivity contribution in [1.29, 1.82) is 0 Å². The fourth-order valence-corrected chi connectivity index (χ4v) is 6.00. The van der Waals surface area contributed by atoms with Gasteiger partial charge in [0.15, 0.2) is 5.60 Å². The van der Waals surface area contributed by atoms with Crippen LogP contribution in [0.25, 0.3) is 0 Å². The lowest BCUT2D eigenvalue weighted by Gasteiger charge is -2.49. The molecule has 3 aliphatic heterocycles. The predicted molar refractivity (Wildman–Crippen MR) is 120 cm³/mol. The van der Waals surface area contributed by atoms with Crippen LogP contribution in [-0.2, 0) is 24.6 Å². The zero-order chi connectivity index (χ0) is 20.3. The number of hydrogen-bond donors (Lipinski definition) is 0. The SMILES string of the molecule is COC(=O)COC(C#C[C@@]1(OC)CN2CCC1CC2)(c1cccs1)c1cccs1.[B]. The van der Waals surface area contributed by atoms with Crippen LogP contribution in [0.5, 0.6) is 0 Å². The molecule has 5 heterocycles. The van der Waals surface area contributed by atoms with E-state index in [0.717, 1.165) is 42.2 Å². The highest BCUT2D eigenvalue weighted by molar-refractivity contribution is 7.11. The number of thiophene rings is 2. The molecule has 2 aromatic heterocycles. The molecule has 0 N–H and O–H groups in total. The minimum absolute atomic E-state index is 0. The molecule has 0 aliphatic carbocycles. The summed E-state index contributed by atoms with van der Waals surface area (Å²) < 4.78 is 17.1. The smallest absolute Gasteiger partial charge is 0.331 e. The topological polar surface area (TPSA) is 48.0 Å². The van der Waals surface area contributed by atoms with Gasteiger partial charge in [-0.25, -0.2) is 4.79 Å². The van der Waals surface area contributed by atoms with E-state index in [-0.39, 0.29) is 15.0 Å². The first-order chi connectivity index (χ1) is 14.1. The number of piperidine rings is 3.